The molecule has 0 unspecified atom stereocenters. The van der Waals surface area contributed by atoms with Crippen LogP contribution in [0.4, 0.5) is 0 Å². The predicted molar refractivity (Wildman–Crippen MR) is 88.9 cm³/mol. The lowest BCUT2D eigenvalue weighted by Crippen LogP contribution is -2.00. The number of H-pyrrole nitrogens is 1. The summed E-state index contributed by atoms with van der Waals surface area (Å²) in [5, 5.41) is 7.92. The summed E-state index contributed by atoms with van der Waals surface area (Å²) < 4.78 is 5.68. The second-order valence-corrected chi connectivity index (χ2v) is 4.69. The number of alkyl halides is 1. The van der Waals surface area contributed by atoms with Gasteiger partial charge in [0.25, 0.3) is 0 Å². The van der Waals surface area contributed by atoms with E-state index in [-0.39, 0.29) is 28.1 Å². The largest absolute Gasteiger partial charge is 0.456 e. The molecule has 0 bridgehead atoms. The fourth-order valence-electron chi connectivity index (χ4n) is 1.88. The van der Waals surface area contributed by atoms with Crippen LogP contribution in [0.25, 0.3) is 10.9 Å². The molecule has 1 N–H and O–H groups in total. The molecule has 0 saturated carbocycles. The maximum Gasteiger partial charge on any atom is 0.194 e. The van der Waals surface area contributed by atoms with E-state index in [1.807, 2.05) is 12.1 Å². The second-order valence-electron chi connectivity index (χ2n) is 4.13. The number of aromatic nitrogens is 3. The number of fused-ring (bicyclic) bond motifs is 1. The number of hydrogen-bond donors (Lipinski definition) is 1. The molecule has 0 fully saturated rings. The summed E-state index contributed by atoms with van der Waals surface area (Å²) >= 11 is 3.15. The second kappa shape index (κ2) is 6.82. The van der Waals surface area contributed by atoms with Gasteiger partial charge < -0.3 is 4.74 Å². The van der Waals surface area contributed by atoms with Gasteiger partial charge in [0.05, 0.1) is 17.0 Å². The molecule has 0 aliphatic carbocycles. The predicted octanol–water partition coefficient (Wildman–Crippen LogP) is 3.91. The van der Waals surface area contributed by atoms with Crippen LogP contribution in [0.15, 0.2) is 42.7 Å². The molecule has 0 atom stereocenters. The first-order valence-corrected chi connectivity index (χ1v) is 7.05. The molecule has 1 aromatic carbocycles. The SMILES string of the molecule is Br.O=C(CBr)c1n[nH]c2cc(Oc3cccnc3)ccc12. The number of pyridine rings is 1. The molecule has 3 rings (SSSR count). The number of nitrogens with zero attached hydrogens (tertiary/aromatic N) is 2. The van der Waals surface area contributed by atoms with Crippen LogP contribution in [0, 0.1) is 0 Å². The van der Waals surface area contributed by atoms with Crippen molar-refractivity contribution < 1.29 is 9.53 Å². The molecular formula is C14H11Br2N3O2. The molecule has 2 aromatic heterocycles. The summed E-state index contributed by atoms with van der Waals surface area (Å²) in [6.45, 7) is 0. The first-order chi connectivity index (χ1) is 9.78. The first-order valence-electron chi connectivity index (χ1n) is 5.93. The minimum Gasteiger partial charge on any atom is -0.456 e. The molecule has 21 heavy (non-hydrogen) atoms. The summed E-state index contributed by atoms with van der Waals surface area (Å²) in [6.07, 6.45) is 3.32. The van der Waals surface area contributed by atoms with Crippen molar-refractivity contribution in [2.75, 3.05) is 5.33 Å². The van der Waals surface area contributed by atoms with Crippen molar-refractivity contribution in [3.8, 4) is 11.5 Å². The third kappa shape index (κ3) is 3.30. The number of ether oxygens (including phenoxy) is 1. The van der Waals surface area contributed by atoms with Gasteiger partial charge in [-0.1, -0.05) is 15.9 Å². The van der Waals surface area contributed by atoms with E-state index in [4.69, 9.17) is 4.74 Å². The zero-order valence-electron chi connectivity index (χ0n) is 10.7. The Kier molecular flexibility index (Phi) is 5.08. The third-order valence-electron chi connectivity index (χ3n) is 2.79. The number of Topliss-reactive ketones (excluding diaryl/α,β-unsaturated/α-hetero) is 1. The van der Waals surface area contributed by atoms with Gasteiger partial charge in [0.15, 0.2) is 5.78 Å². The standard InChI is InChI=1S/C14H10BrN3O2.BrH/c15-7-13(19)14-11-4-3-9(6-12(11)17-18-14)20-10-2-1-5-16-8-10;/h1-6,8H,7H2,(H,17,18);1H. The summed E-state index contributed by atoms with van der Waals surface area (Å²) in [6, 6.07) is 9.05. The molecule has 0 saturated heterocycles. The lowest BCUT2D eigenvalue weighted by atomic mass is 10.1. The number of carbonyl (C=O) groups excluding carboxylic acids is 1. The van der Waals surface area contributed by atoms with E-state index in [9.17, 15) is 4.79 Å². The number of rotatable bonds is 4. The summed E-state index contributed by atoms with van der Waals surface area (Å²) in [5.74, 6) is 1.26. The molecule has 7 heteroatoms. The van der Waals surface area contributed by atoms with Crippen LogP contribution in [0.1, 0.15) is 10.5 Å². The summed E-state index contributed by atoms with van der Waals surface area (Å²) in [4.78, 5) is 15.7. The Labute approximate surface area is 139 Å². The van der Waals surface area contributed by atoms with E-state index < -0.39 is 0 Å². The fraction of sp³-hybridized carbons (Fsp3) is 0.0714. The summed E-state index contributed by atoms with van der Waals surface area (Å²) in [5.41, 5.74) is 1.19. The van der Waals surface area contributed by atoms with Crippen LogP contribution in [0.2, 0.25) is 0 Å². The average Bonchev–Trinajstić information content (AvgIpc) is 2.90. The molecule has 5 nitrogen and oxygen atoms in total. The van der Waals surface area contributed by atoms with E-state index in [1.54, 1.807) is 30.6 Å². The van der Waals surface area contributed by atoms with Crippen molar-refractivity contribution in [3.63, 3.8) is 0 Å². The Bertz CT molecular complexity index is 759. The van der Waals surface area contributed by atoms with Gasteiger partial charge in [-0.05, 0) is 24.3 Å². The highest BCUT2D eigenvalue weighted by molar-refractivity contribution is 9.09. The van der Waals surface area contributed by atoms with Gasteiger partial charge in [-0.15, -0.1) is 17.0 Å². The molecule has 0 amide bonds. The van der Waals surface area contributed by atoms with Gasteiger partial charge >= 0.3 is 0 Å². The van der Waals surface area contributed by atoms with Crippen LogP contribution in [-0.4, -0.2) is 26.3 Å². The van der Waals surface area contributed by atoms with Crippen molar-refractivity contribution in [3.05, 3.63) is 48.4 Å². The Hall–Kier alpha value is -1.73. The third-order valence-corrected chi connectivity index (χ3v) is 3.30. The Morgan fingerprint density at radius 2 is 2.14 bits per heavy atom. The first kappa shape index (κ1) is 15.7. The topological polar surface area (TPSA) is 67.9 Å². The van der Waals surface area contributed by atoms with Crippen LogP contribution in [-0.2, 0) is 0 Å². The van der Waals surface area contributed by atoms with Gasteiger partial charge in [-0.25, -0.2) is 0 Å². The highest BCUT2D eigenvalue weighted by Crippen LogP contribution is 2.25. The molecule has 2 heterocycles. The lowest BCUT2D eigenvalue weighted by Gasteiger charge is -2.04. The van der Waals surface area contributed by atoms with Crippen LogP contribution < -0.4 is 4.74 Å². The quantitative estimate of drug-likeness (QED) is 0.521. The van der Waals surface area contributed by atoms with Gasteiger partial charge in [0.1, 0.15) is 17.2 Å². The van der Waals surface area contributed by atoms with Gasteiger partial charge in [-0.3, -0.25) is 14.9 Å². The Balaban J connectivity index is 0.00000161. The number of aromatic amines is 1. The van der Waals surface area contributed by atoms with Gasteiger partial charge in [-0.2, -0.15) is 5.10 Å². The molecule has 0 aliphatic heterocycles. The van der Waals surface area contributed by atoms with Crippen molar-refractivity contribution >= 4 is 49.6 Å². The monoisotopic (exact) mass is 411 g/mol. The van der Waals surface area contributed by atoms with Crippen molar-refractivity contribution in [2.45, 2.75) is 0 Å². The van der Waals surface area contributed by atoms with E-state index in [0.717, 1.165) is 10.9 Å². The summed E-state index contributed by atoms with van der Waals surface area (Å²) in [7, 11) is 0. The number of halogens is 2. The normalized spacial score (nSPS) is 10.1. The molecule has 0 spiro atoms. The minimum atomic E-state index is -0.0582. The van der Waals surface area contributed by atoms with Crippen molar-refractivity contribution in [1.29, 1.82) is 0 Å². The van der Waals surface area contributed by atoms with Crippen molar-refractivity contribution in [2.24, 2.45) is 0 Å². The highest BCUT2D eigenvalue weighted by Gasteiger charge is 2.13. The number of benzene rings is 1. The zero-order chi connectivity index (χ0) is 13.9. The maximum absolute atomic E-state index is 11.7. The van der Waals surface area contributed by atoms with Gasteiger partial charge in [0, 0.05) is 17.6 Å². The number of ketones is 1. The minimum absolute atomic E-state index is 0. The number of carbonyl (C=O) groups is 1. The van der Waals surface area contributed by atoms with Crippen LogP contribution in [0.3, 0.4) is 0 Å². The molecule has 108 valence electrons. The Morgan fingerprint density at radius 1 is 1.29 bits per heavy atom. The molecule has 0 radical (unpaired) electrons. The van der Waals surface area contributed by atoms with E-state index in [0.29, 0.717) is 17.2 Å². The van der Waals surface area contributed by atoms with Crippen molar-refractivity contribution in [1.82, 2.24) is 15.2 Å². The van der Waals surface area contributed by atoms with Crippen LogP contribution >= 0.6 is 32.9 Å². The number of hydrogen-bond acceptors (Lipinski definition) is 4. The molecular weight excluding hydrogens is 402 g/mol. The highest BCUT2D eigenvalue weighted by atomic mass is 79.9. The van der Waals surface area contributed by atoms with E-state index >= 15 is 0 Å². The fourth-order valence-corrected chi connectivity index (χ4v) is 2.15. The van der Waals surface area contributed by atoms with E-state index in [2.05, 4.69) is 31.1 Å². The molecule has 3 aromatic rings. The smallest absolute Gasteiger partial charge is 0.194 e. The van der Waals surface area contributed by atoms with E-state index in [1.165, 1.54) is 0 Å². The zero-order valence-corrected chi connectivity index (χ0v) is 14.0. The number of nitrogens with one attached hydrogen (secondary N) is 1. The lowest BCUT2D eigenvalue weighted by molar-refractivity contribution is 0.102. The molecule has 0 aliphatic rings. The average molecular weight is 413 g/mol. The Morgan fingerprint density at radius 3 is 2.86 bits per heavy atom. The maximum atomic E-state index is 11.7. The van der Waals surface area contributed by atoms with Crippen LogP contribution in [0.5, 0.6) is 11.5 Å². The van der Waals surface area contributed by atoms with Gasteiger partial charge in [0.2, 0.25) is 0 Å².